The van der Waals surface area contributed by atoms with Gasteiger partial charge in [0.1, 0.15) is 5.82 Å². The van der Waals surface area contributed by atoms with Crippen LogP contribution in [0.4, 0.5) is 19.7 Å². The number of hydrogen-bond donors (Lipinski definition) is 1. The van der Waals surface area contributed by atoms with Gasteiger partial charge in [-0.2, -0.15) is 0 Å². The Morgan fingerprint density at radius 2 is 1.96 bits per heavy atom. The van der Waals surface area contributed by atoms with Crippen molar-refractivity contribution in [2.75, 3.05) is 23.3 Å². The molecule has 1 fully saturated rings. The van der Waals surface area contributed by atoms with Gasteiger partial charge in [-0.15, -0.1) is 0 Å². The Kier molecular flexibility index (Phi) is 3.96. The minimum Gasteiger partial charge on any atom is -0.348 e. The minimum absolute atomic E-state index is 0.146. The molecule has 0 radical (unpaired) electrons. The lowest BCUT2D eigenvalue weighted by Gasteiger charge is -2.25. The summed E-state index contributed by atoms with van der Waals surface area (Å²) in [6.45, 7) is 1.94. The number of amides is 1. The molecule has 1 unspecified atom stereocenters. The third-order valence-electron chi connectivity index (χ3n) is 4.58. The predicted octanol–water partition coefficient (Wildman–Crippen LogP) is 3.89. The summed E-state index contributed by atoms with van der Waals surface area (Å²) in [5.74, 6) is -1.63. The molecule has 1 amide bonds. The van der Waals surface area contributed by atoms with Gasteiger partial charge in [0, 0.05) is 25.4 Å². The summed E-state index contributed by atoms with van der Waals surface area (Å²) >= 11 is 1.54. The van der Waals surface area contributed by atoms with Crippen LogP contribution in [0.5, 0.6) is 0 Å². The zero-order valence-electron chi connectivity index (χ0n) is 13.0. The number of fused-ring (bicyclic) bond motifs is 1. The molecule has 126 valence electrons. The number of thiazole rings is 1. The molecule has 2 aliphatic rings. The van der Waals surface area contributed by atoms with Crippen molar-refractivity contribution in [3.05, 3.63) is 40.3 Å². The molecule has 7 heteroatoms. The first-order valence-corrected chi connectivity index (χ1v) is 8.94. The van der Waals surface area contributed by atoms with Crippen molar-refractivity contribution in [1.29, 1.82) is 0 Å². The Bertz CT molecular complexity index is 786. The van der Waals surface area contributed by atoms with Crippen molar-refractivity contribution < 1.29 is 13.6 Å². The zero-order chi connectivity index (χ0) is 16.7. The highest BCUT2D eigenvalue weighted by molar-refractivity contribution is 7.16. The molecule has 1 N–H and O–H groups in total. The van der Waals surface area contributed by atoms with Crippen LogP contribution < -0.4 is 10.2 Å². The third-order valence-corrected chi connectivity index (χ3v) is 5.81. The number of piperidine rings is 1. The number of nitrogens with one attached hydrogen (secondary N) is 1. The maximum Gasteiger partial charge on any atom is 0.226 e. The molecule has 4 rings (SSSR count). The Morgan fingerprint density at radius 3 is 2.71 bits per heavy atom. The predicted molar refractivity (Wildman–Crippen MR) is 89.6 cm³/mol. The molecule has 1 aromatic carbocycles. The highest BCUT2D eigenvalue weighted by atomic mass is 32.1. The van der Waals surface area contributed by atoms with Gasteiger partial charge in [-0.05, 0) is 37.0 Å². The first kappa shape index (κ1) is 15.5. The van der Waals surface area contributed by atoms with Crippen LogP contribution in [-0.2, 0) is 4.79 Å². The van der Waals surface area contributed by atoms with Crippen molar-refractivity contribution in [2.45, 2.75) is 31.6 Å². The molecular formula is C17H17F2N3OS. The Morgan fingerprint density at radius 1 is 1.17 bits per heavy atom. The Hall–Kier alpha value is -2.02. The second kappa shape index (κ2) is 6.12. The lowest BCUT2D eigenvalue weighted by Crippen LogP contribution is -2.29. The molecule has 1 aromatic heterocycles. The topological polar surface area (TPSA) is 45.2 Å². The number of hydrogen-bond acceptors (Lipinski definition) is 4. The van der Waals surface area contributed by atoms with E-state index < -0.39 is 11.6 Å². The molecule has 0 saturated carbocycles. The molecule has 2 aliphatic heterocycles. The molecule has 4 nitrogen and oxygen atoms in total. The molecule has 1 saturated heterocycles. The van der Waals surface area contributed by atoms with Crippen LogP contribution >= 0.6 is 11.3 Å². The largest absolute Gasteiger partial charge is 0.348 e. The first-order chi connectivity index (χ1) is 11.6. The van der Waals surface area contributed by atoms with E-state index >= 15 is 0 Å². The maximum atomic E-state index is 13.6. The summed E-state index contributed by atoms with van der Waals surface area (Å²) in [7, 11) is 0. The summed E-state index contributed by atoms with van der Waals surface area (Å²) in [4.78, 5) is 19.8. The van der Waals surface area contributed by atoms with Crippen LogP contribution in [0.15, 0.2) is 18.2 Å². The van der Waals surface area contributed by atoms with Gasteiger partial charge in [-0.25, -0.2) is 13.8 Å². The number of benzene rings is 1. The molecule has 0 aliphatic carbocycles. The lowest BCUT2D eigenvalue weighted by molar-refractivity contribution is -0.116. The van der Waals surface area contributed by atoms with Crippen LogP contribution in [0.1, 0.15) is 42.0 Å². The van der Waals surface area contributed by atoms with E-state index in [2.05, 4.69) is 15.2 Å². The zero-order valence-corrected chi connectivity index (χ0v) is 13.8. The van der Waals surface area contributed by atoms with E-state index in [-0.39, 0.29) is 18.2 Å². The number of rotatable bonds is 2. The molecule has 2 aromatic rings. The van der Waals surface area contributed by atoms with E-state index in [1.54, 1.807) is 17.4 Å². The van der Waals surface area contributed by atoms with Gasteiger partial charge in [0.05, 0.1) is 4.88 Å². The minimum atomic E-state index is -0.888. The van der Waals surface area contributed by atoms with Gasteiger partial charge in [0.25, 0.3) is 0 Å². The molecule has 1 atom stereocenters. The summed E-state index contributed by atoms with van der Waals surface area (Å²) in [6, 6.07) is 3.85. The summed E-state index contributed by atoms with van der Waals surface area (Å²) < 4.78 is 26.8. The van der Waals surface area contributed by atoms with Crippen molar-refractivity contribution in [3.8, 4) is 0 Å². The van der Waals surface area contributed by atoms with Crippen LogP contribution in [0.2, 0.25) is 0 Å². The van der Waals surface area contributed by atoms with Crippen LogP contribution in [0.3, 0.4) is 0 Å². The Balaban J connectivity index is 1.71. The number of anilines is 2. The van der Waals surface area contributed by atoms with Crippen LogP contribution in [0, 0.1) is 11.6 Å². The molecule has 3 heterocycles. The van der Waals surface area contributed by atoms with E-state index in [1.807, 2.05) is 0 Å². The maximum absolute atomic E-state index is 13.6. The van der Waals surface area contributed by atoms with Gasteiger partial charge >= 0.3 is 0 Å². The van der Waals surface area contributed by atoms with E-state index in [9.17, 15) is 13.6 Å². The number of aromatic nitrogens is 1. The van der Waals surface area contributed by atoms with E-state index in [1.165, 1.54) is 12.5 Å². The average Bonchev–Trinajstić information content (AvgIpc) is 3.01. The molecule has 0 bridgehead atoms. The van der Waals surface area contributed by atoms with E-state index in [0.717, 1.165) is 42.0 Å². The fourth-order valence-electron chi connectivity index (χ4n) is 3.33. The van der Waals surface area contributed by atoms with Crippen molar-refractivity contribution in [1.82, 2.24) is 4.98 Å². The number of halogens is 2. The SMILES string of the molecule is O=C1CC(c2ccc(F)c(F)c2)c2sc(N3CCCCC3)nc2N1. The van der Waals surface area contributed by atoms with Gasteiger partial charge in [-0.3, -0.25) is 4.79 Å². The fraction of sp³-hybridized carbons (Fsp3) is 0.412. The Labute approximate surface area is 142 Å². The van der Waals surface area contributed by atoms with Crippen molar-refractivity contribution in [2.24, 2.45) is 0 Å². The van der Waals surface area contributed by atoms with Crippen molar-refractivity contribution in [3.63, 3.8) is 0 Å². The quantitative estimate of drug-likeness (QED) is 0.895. The molecule has 0 spiro atoms. The number of carbonyl (C=O) groups excluding carboxylic acids is 1. The second-order valence-electron chi connectivity index (χ2n) is 6.24. The first-order valence-electron chi connectivity index (χ1n) is 8.12. The lowest BCUT2D eigenvalue weighted by atomic mass is 9.91. The summed E-state index contributed by atoms with van der Waals surface area (Å²) in [6.07, 6.45) is 3.74. The average molecular weight is 349 g/mol. The highest BCUT2D eigenvalue weighted by Crippen LogP contribution is 2.43. The van der Waals surface area contributed by atoms with E-state index in [4.69, 9.17) is 0 Å². The third kappa shape index (κ3) is 2.77. The second-order valence-corrected chi connectivity index (χ2v) is 7.24. The van der Waals surface area contributed by atoms with E-state index in [0.29, 0.717) is 11.4 Å². The summed E-state index contributed by atoms with van der Waals surface area (Å²) in [5.41, 5.74) is 0.610. The van der Waals surface area contributed by atoms with Gasteiger partial charge in [0.15, 0.2) is 16.8 Å². The molecular weight excluding hydrogens is 332 g/mol. The van der Waals surface area contributed by atoms with Crippen LogP contribution in [-0.4, -0.2) is 24.0 Å². The standard InChI is InChI=1S/C17H17F2N3OS/c18-12-5-4-10(8-13(12)19)11-9-14(23)20-16-15(11)24-17(21-16)22-6-2-1-3-7-22/h4-5,8,11H,1-3,6-7,9H2,(H,20,23). The summed E-state index contributed by atoms with van der Waals surface area (Å²) in [5, 5.41) is 3.71. The van der Waals surface area contributed by atoms with Crippen LogP contribution in [0.25, 0.3) is 0 Å². The normalized spacial score (nSPS) is 20.7. The number of nitrogens with zero attached hydrogens (tertiary/aromatic N) is 2. The number of carbonyl (C=O) groups is 1. The fourth-order valence-corrected chi connectivity index (χ4v) is 4.53. The monoisotopic (exact) mass is 349 g/mol. The molecule has 24 heavy (non-hydrogen) atoms. The van der Waals surface area contributed by atoms with Crippen molar-refractivity contribution >= 4 is 28.2 Å². The van der Waals surface area contributed by atoms with Gasteiger partial charge < -0.3 is 10.2 Å². The van der Waals surface area contributed by atoms with Gasteiger partial charge in [-0.1, -0.05) is 17.4 Å². The smallest absolute Gasteiger partial charge is 0.226 e. The van der Waals surface area contributed by atoms with Gasteiger partial charge in [0.2, 0.25) is 5.91 Å². The highest BCUT2D eigenvalue weighted by Gasteiger charge is 2.32.